The van der Waals surface area contributed by atoms with Crippen molar-refractivity contribution in [3.8, 4) is 5.75 Å². The van der Waals surface area contributed by atoms with Gasteiger partial charge >= 0.3 is 0 Å². The van der Waals surface area contributed by atoms with Gasteiger partial charge in [-0.15, -0.1) is 6.58 Å². The quantitative estimate of drug-likeness (QED) is 0.724. The molecule has 0 amide bonds. The Labute approximate surface area is 76.8 Å². The molecule has 0 aliphatic carbocycles. The highest BCUT2D eigenvalue weighted by molar-refractivity contribution is 5.34. The summed E-state index contributed by atoms with van der Waals surface area (Å²) < 4.78 is 18.3. The number of rotatable bonds is 3. The smallest absolute Gasteiger partial charge is 0.170 e. The van der Waals surface area contributed by atoms with Gasteiger partial charge in [-0.1, -0.05) is 18.2 Å². The summed E-state index contributed by atoms with van der Waals surface area (Å²) in [6, 6.07) is 4.37. The summed E-state index contributed by atoms with van der Waals surface area (Å²) in [7, 11) is 1.42. The average molecular weight is 181 g/mol. The van der Waals surface area contributed by atoms with Crippen molar-refractivity contribution in [1.29, 1.82) is 0 Å². The highest BCUT2D eigenvalue weighted by Gasteiger charge is 2.11. The van der Waals surface area contributed by atoms with Crippen molar-refractivity contribution in [2.45, 2.75) is 6.04 Å². The molecule has 1 atom stereocenters. The molecule has 0 saturated heterocycles. The van der Waals surface area contributed by atoms with E-state index in [2.05, 4.69) is 6.58 Å². The molecule has 0 heterocycles. The largest absolute Gasteiger partial charge is 0.494 e. The summed E-state index contributed by atoms with van der Waals surface area (Å²) in [4.78, 5) is 0. The summed E-state index contributed by atoms with van der Waals surface area (Å²) in [6.07, 6.45) is 1.48. The van der Waals surface area contributed by atoms with E-state index in [9.17, 15) is 4.39 Å². The molecule has 1 aromatic carbocycles. The van der Waals surface area contributed by atoms with Crippen LogP contribution >= 0.6 is 0 Å². The van der Waals surface area contributed by atoms with Crippen LogP contribution in [0, 0.1) is 5.82 Å². The van der Waals surface area contributed by atoms with Crippen LogP contribution < -0.4 is 10.5 Å². The van der Waals surface area contributed by atoms with E-state index in [1.54, 1.807) is 18.2 Å². The number of hydrogen-bond donors (Lipinski definition) is 1. The van der Waals surface area contributed by atoms with E-state index in [4.69, 9.17) is 10.5 Å². The molecule has 0 bridgehead atoms. The number of halogens is 1. The zero-order chi connectivity index (χ0) is 9.84. The molecule has 0 radical (unpaired) electrons. The number of nitrogens with two attached hydrogens (primary N) is 1. The Morgan fingerprint density at radius 3 is 2.85 bits per heavy atom. The first-order chi connectivity index (χ1) is 6.20. The summed E-state index contributed by atoms with van der Waals surface area (Å²) in [5, 5.41) is 0. The van der Waals surface area contributed by atoms with Crippen LogP contribution in [-0.4, -0.2) is 7.11 Å². The Kier molecular flexibility index (Phi) is 3.03. The van der Waals surface area contributed by atoms with Crippen molar-refractivity contribution in [3.05, 3.63) is 42.2 Å². The zero-order valence-corrected chi connectivity index (χ0v) is 7.46. The van der Waals surface area contributed by atoms with Gasteiger partial charge in [-0.2, -0.15) is 0 Å². The fourth-order valence-electron chi connectivity index (χ4n) is 1.07. The fraction of sp³-hybridized carbons (Fsp3) is 0.200. The molecule has 2 N–H and O–H groups in total. The summed E-state index contributed by atoms with van der Waals surface area (Å²) in [6.45, 7) is 3.50. The third-order valence-electron chi connectivity index (χ3n) is 1.83. The zero-order valence-electron chi connectivity index (χ0n) is 7.46. The van der Waals surface area contributed by atoms with Gasteiger partial charge in [-0.3, -0.25) is 0 Å². The van der Waals surface area contributed by atoms with E-state index in [1.165, 1.54) is 13.2 Å². The van der Waals surface area contributed by atoms with Gasteiger partial charge < -0.3 is 10.5 Å². The monoisotopic (exact) mass is 181 g/mol. The molecule has 0 spiro atoms. The first-order valence-electron chi connectivity index (χ1n) is 3.91. The number of hydrogen-bond acceptors (Lipinski definition) is 2. The Morgan fingerprint density at radius 2 is 2.31 bits per heavy atom. The van der Waals surface area contributed by atoms with Crippen molar-refractivity contribution < 1.29 is 9.13 Å². The van der Waals surface area contributed by atoms with Gasteiger partial charge in [0.05, 0.1) is 13.2 Å². The summed E-state index contributed by atoms with van der Waals surface area (Å²) in [5.74, 6) is -0.216. The van der Waals surface area contributed by atoms with E-state index >= 15 is 0 Å². The average Bonchev–Trinajstić information content (AvgIpc) is 2.17. The van der Waals surface area contributed by atoms with E-state index in [0.717, 1.165) is 0 Å². The molecule has 2 nitrogen and oxygen atoms in total. The highest BCUT2D eigenvalue weighted by atomic mass is 19.1. The molecule has 70 valence electrons. The molecule has 13 heavy (non-hydrogen) atoms. The molecule has 0 aromatic heterocycles. The molecular formula is C10H12FNO. The molecule has 1 aromatic rings. The maximum atomic E-state index is 13.5. The summed E-state index contributed by atoms with van der Waals surface area (Å²) in [5.41, 5.74) is 6.00. The molecule has 0 fully saturated rings. The maximum absolute atomic E-state index is 13.5. The fourth-order valence-corrected chi connectivity index (χ4v) is 1.07. The lowest BCUT2D eigenvalue weighted by molar-refractivity contribution is 0.383. The van der Waals surface area contributed by atoms with E-state index in [0.29, 0.717) is 5.56 Å². The third kappa shape index (κ3) is 1.87. The van der Waals surface area contributed by atoms with Gasteiger partial charge in [-0.05, 0) is 6.07 Å². The van der Waals surface area contributed by atoms with E-state index < -0.39 is 11.9 Å². The van der Waals surface area contributed by atoms with Gasteiger partial charge in [0.15, 0.2) is 11.6 Å². The Hall–Kier alpha value is -1.35. The second-order valence-electron chi connectivity index (χ2n) is 2.62. The SMILES string of the molecule is C=CC(N)c1cccc(OC)c1F. The van der Waals surface area contributed by atoms with Crippen LogP contribution in [0.4, 0.5) is 4.39 Å². The van der Waals surface area contributed by atoms with Gasteiger partial charge in [0.1, 0.15) is 0 Å². The highest BCUT2D eigenvalue weighted by Crippen LogP contribution is 2.23. The van der Waals surface area contributed by atoms with E-state index in [1.807, 2.05) is 0 Å². The van der Waals surface area contributed by atoms with Crippen molar-refractivity contribution in [2.75, 3.05) is 7.11 Å². The lowest BCUT2D eigenvalue weighted by Gasteiger charge is -2.10. The Morgan fingerprint density at radius 1 is 1.62 bits per heavy atom. The Bertz CT molecular complexity index is 312. The first-order valence-corrected chi connectivity index (χ1v) is 3.91. The number of benzene rings is 1. The van der Waals surface area contributed by atoms with Crippen LogP contribution in [0.3, 0.4) is 0 Å². The molecule has 0 saturated carbocycles. The molecule has 1 unspecified atom stereocenters. The van der Waals surface area contributed by atoms with Crippen LogP contribution in [0.25, 0.3) is 0 Å². The number of methoxy groups -OCH3 is 1. The second-order valence-corrected chi connectivity index (χ2v) is 2.62. The minimum atomic E-state index is -0.491. The van der Waals surface area contributed by atoms with Crippen molar-refractivity contribution in [2.24, 2.45) is 5.73 Å². The molecule has 0 aliphatic heterocycles. The summed E-state index contributed by atoms with van der Waals surface area (Å²) >= 11 is 0. The standard InChI is InChI=1S/C10H12FNO/c1-3-8(12)7-5-4-6-9(13-2)10(7)11/h3-6,8H,1,12H2,2H3. The second kappa shape index (κ2) is 4.05. The Balaban J connectivity index is 3.14. The molecular weight excluding hydrogens is 169 g/mol. The molecule has 0 aliphatic rings. The maximum Gasteiger partial charge on any atom is 0.170 e. The third-order valence-corrected chi connectivity index (χ3v) is 1.83. The lowest BCUT2D eigenvalue weighted by atomic mass is 10.1. The van der Waals surface area contributed by atoms with Crippen LogP contribution in [0.2, 0.25) is 0 Å². The van der Waals surface area contributed by atoms with Gasteiger partial charge in [-0.25, -0.2) is 4.39 Å². The normalized spacial score (nSPS) is 12.2. The van der Waals surface area contributed by atoms with Crippen molar-refractivity contribution >= 4 is 0 Å². The minimum absolute atomic E-state index is 0.204. The van der Waals surface area contributed by atoms with Crippen LogP contribution in [-0.2, 0) is 0 Å². The van der Waals surface area contributed by atoms with Gasteiger partial charge in [0, 0.05) is 5.56 Å². The van der Waals surface area contributed by atoms with Crippen LogP contribution in [0.5, 0.6) is 5.75 Å². The van der Waals surface area contributed by atoms with Crippen molar-refractivity contribution in [1.82, 2.24) is 0 Å². The lowest BCUT2D eigenvalue weighted by Crippen LogP contribution is -2.09. The van der Waals surface area contributed by atoms with Crippen LogP contribution in [0.15, 0.2) is 30.9 Å². The van der Waals surface area contributed by atoms with Gasteiger partial charge in [0.25, 0.3) is 0 Å². The molecule has 3 heteroatoms. The van der Waals surface area contributed by atoms with Crippen LogP contribution in [0.1, 0.15) is 11.6 Å². The van der Waals surface area contributed by atoms with Gasteiger partial charge in [0.2, 0.25) is 0 Å². The predicted octanol–water partition coefficient (Wildman–Crippen LogP) is 2.02. The number of ether oxygens (including phenoxy) is 1. The van der Waals surface area contributed by atoms with E-state index in [-0.39, 0.29) is 5.75 Å². The first kappa shape index (κ1) is 9.74. The molecule has 1 rings (SSSR count). The minimum Gasteiger partial charge on any atom is -0.494 e. The topological polar surface area (TPSA) is 35.2 Å². The van der Waals surface area contributed by atoms with Crippen molar-refractivity contribution in [3.63, 3.8) is 0 Å². The predicted molar refractivity (Wildman–Crippen MR) is 50.1 cm³/mol.